The molecular formula is C15H18N6O2. The van der Waals surface area contributed by atoms with Crippen LogP contribution in [0, 0.1) is 17.8 Å². The van der Waals surface area contributed by atoms with Gasteiger partial charge in [0.25, 0.3) is 5.56 Å². The number of nitrogen functional groups attached to an aromatic ring is 1. The van der Waals surface area contributed by atoms with E-state index in [1.807, 2.05) is 4.57 Å². The van der Waals surface area contributed by atoms with E-state index >= 15 is 0 Å². The highest BCUT2D eigenvalue weighted by molar-refractivity contribution is 5.32. The summed E-state index contributed by atoms with van der Waals surface area (Å²) in [6.45, 7) is 1.09. The highest BCUT2D eigenvalue weighted by Gasteiger charge is 2.24. The summed E-state index contributed by atoms with van der Waals surface area (Å²) in [5.41, 5.74) is 1.64. The van der Waals surface area contributed by atoms with E-state index < -0.39 is 5.56 Å². The molecule has 0 unspecified atom stereocenters. The van der Waals surface area contributed by atoms with Crippen molar-refractivity contribution in [1.82, 2.24) is 18.7 Å². The molecule has 23 heavy (non-hydrogen) atoms. The van der Waals surface area contributed by atoms with Gasteiger partial charge in [-0.05, 0) is 18.8 Å². The molecule has 0 bridgehead atoms. The van der Waals surface area contributed by atoms with Gasteiger partial charge in [-0.25, -0.2) is 20.2 Å². The zero-order valence-electron chi connectivity index (χ0n) is 12.6. The summed E-state index contributed by atoms with van der Waals surface area (Å²) in [5.74, 6) is 12.0. The summed E-state index contributed by atoms with van der Waals surface area (Å²) in [6, 6.07) is 1.33. The van der Waals surface area contributed by atoms with Gasteiger partial charge in [-0.2, -0.15) is 0 Å². The lowest BCUT2D eigenvalue weighted by Gasteiger charge is -2.13. The first-order chi connectivity index (χ1) is 11.2. The van der Waals surface area contributed by atoms with E-state index in [2.05, 4.69) is 22.3 Å². The number of hydrogen-bond donors (Lipinski definition) is 2. The quantitative estimate of drug-likeness (QED) is 0.445. The number of nitrogens with two attached hydrogens (primary N) is 1. The molecule has 0 aliphatic heterocycles. The number of hydrogen-bond acceptors (Lipinski definition) is 5. The molecule has 1 saturated carbocycles. The van der Waals surface area contributed by atoms with Gasteiger partial charge in [0.1, 0.15) is 5.82 Å². The van der Waals surface area contributed by atoms with Gasteiger partial charge in [-0.15, -0.1) is 0 Å². The predicted molar refractivity (Wildman–Crippen MR) is 85.5 cm³/mol. The number of aromatic nitrogens is 4. The molecule has 3 N–H and O–H groups in total. The minimum Gasteiger partial charge on any atom is -0.326 e. The summed E-state index contributed by atoms with van der Waals surface area (Å²) >= 11 is 0. The topological polar surface area (TPSA) is 99.9 Å². The third-order valence-electron chi connectivity index (χ3n) is 3.75. The summed E-state index contributed by atoms with van der Waals surface area (Å²) in [7, 11) is 0. The molecule has 0 atom stereocenters. The molecule has 1 fully saturated rings. The molecule has 0 amide bonds. The van der Waals surface area contributed by atoms with Crippen LogP contribution in [-0.4, -0.2) is 18.7 Å². The van der Waals surface area contributed by atoms with Crippen LogP contribution in [0.3, 0.4) is 0 Å². The first kappa shape index (κ1) is 15.1. The van der Waals surface area contributed by atoms with Gasteiger partial charge >= 0.3 is 5.69 Å². The fourth-order valence-corrected chi connectivity index (χ4v) is 2.28. The second-order valence-corrected chi connectivity index (χ2v) is 5.52. The van der Waals surface area contributed by atoms with Crippen molar-refractivity contribution < 1.29 is 0 Å². The van der Waals surface area contributed by atoms with Crippen LogP contribution in [0.4, 0.5) is 5.82 Å². The molecule has 1 aliphatic carbocycles. The molecule has 3 rings (SSSR count). The normalized spacial score (nSPS) is 13.4. The molecule has 8 nitrogen and oxygen atoms in total. The van der Waals surface area contributed by atoms with Crippen molar-refractivity contribution >= 4 is 5.82 Å². The van der Waals surface area contributed by atoms with Crippen molar-refractivity contribution in [1.29, 1.82) is 0 Å². The van der Waals surface area contributed by atoms with E-state index in [1.165, 1.54) is 10.6 Å². The van der Waals surface area contributed by atoms with Gasteiger partial charge in [0.15, 0.2) is 0 Å². The predicted octanol–water partition coefficient (Wildman–Crippen LogP) is -0.394. The average Bonchev–Trinajstić information content (AvgIpc) is 3.21. The van der Waals surface area contributed by atoms with Crippen molar-refractivity contribution in [2.75, 3.05) is 5.43 Å². The number of nitrogens with zero attached hydrogens (tertiary/aromatic N) is 4. The molecule has 2 aromatic heterocycles. The van der Waals surface area contributed by atoms with Gasteiger partial charge in [0.05, 0.1) is 19.4 Å². The maximum absolute atomic E-state index is 12.5. The van der Waals surface area contributed by atoms with E-state index in [0.717, 1.165) is 17.4 Å². The van der Waals surface area contributed by atoms with Gasteiger partial charge in [-0.3, -0.25) is 9.36 Å². The number of hydrazine groups is 1. The number of nitrogens with one attached hydrogen (secondary N) is 1. The van der Waals surface area contributed by atoms with Crippen molar-refractivity contribution in [3.63, 3.8) is 0 Å². The SMILES string of the molecule is NNc1cc(=O)n(CC#CCn2ccnc2)c(=O)n1CC1CC1. The second-order valence-electron chi connectivity index (χ2n) is 5.52. The summed E-state index contributed by atoms with van der Waals surface area (Å²) < 4.78 is 4.45. The van der Waals surface area contributed by atoms with Crippen LogP contribution >= 0.6 is 0 Å². The lowest BCUT2D eigenvalue weighted by Crippen LogP contribution is -2.41. The van der Waals surface area contributed by atoms with E-state index in [9.17, 15) is 9.59 Å². The third kappa shape index (κ3) is 3.52. The molecule has 0 radical (unpaired) electrons. The molecule has 8 heteroatoms. The van der Waals surface area contributed by atoms with Crippen molar-refractivity contribution in [2.24, 2.45) is 11.8 Å². The Labute approximate surface area is 132 Å². The monoisotopic (exact) mass is 314 g/mol. The Morgan fingerprint density at radius 1 is 1.26 bits per heavy atom. The van der Waals surface area contributed by atoms with E-state index in [0.29, 0.717) is 24.8 Å². The van der Waals surface area contributed by atoms with Crippen LogP contribution < -0.4 is 22.5 Å². The van der Waals surface area contributed by atoms with Crippen LogP contribution in [0.1, 0.15) is 12.8 Å². The number of imidazole rings is 1. The maximum atomic E-state index is 12.5. The Kier molecular flexibility index (Phi) is 4.30. The van der Waals surface area contributed by atoms with Crippen LogP contribution in [-0.2, 0) is 19.6 Å². The Bertz CT molecular complexity index is 849. The highest BCUT2D eigenvalue weighted by Crippen LogP contribution is 2.30. The van der Waals surface area contributed by atoms with E-state index in [4.69, 9.17) is 5.84 Å². The Morgan fingerprint density at radius 3 is 2.70 bits per heavy atom. The van der Waals surface area contributed by atoms with Crippen LogP contribution in [0.5, 0.6) is 0 Å². The second kappa shape index (κ2) is 6.54. The minimum absolute atomic E-state index is 0.0574. The van der Waals surface area contributed by atoms with Crippen molar-refractivity contribution in [3.8, 4) is 11.8 Å². The molecule has 2 aromatic rings. The summed E-state index contributed by atoms with van der Waals surface area (Å²) in [6.07, 6.45) is 7.32. The summed E-state index contributed by atoms with van der Waals surface area (Å²) in [4.78, 5) is 28.5. The molecule has 2 heterocycles. The van der Waals surface area contributed by atoms with Crippen LogP contribution in [0.2, 0.25) is 0 Å². The lowest BCUT2D eigenvalue weighted by molar-refractivity contribution is 0.555. The Morgan fingerprint density at radius 2 is 2.04 bits per heavy atom. The number of anilines is 1. The standard InChI is InChI=1S/C15H18N6O2/c16-18-13-9-14(22)20(15(23)21(13)10-12-3-4-12)7-2-1-6-19-8-5-17-11-19/h5,8-9,11-12,18H,3-4,6-7,10,16H2. The zero-order valence-corrected chi connectivity index (χ0v) is 12.6. The van der Waals surface area contributed by atoms with Gasteiger partial charge in [0.2, 0.25) is 0 Å². The molecule has 1 aliphatic rings. The van der Waals surface area contributed by atoms with E-state index in [-0.39, 0.29) is 12.2 Å². The van der Waals surface area contributed by atoms with Crippen LogP contribution in [0.15, 0.2) is 34.4 Å². The van der Waals surface area contributed by atoms with Gasteiger partial charge < -0.3 is 9.99 Å². The smallest absolute Gasteiger partial charge is 0.326 e. The lowest BCUT2D eigenvalue weighted by atomic mass is 10.4. The van der Waals surface area contributed by atoms with E-state index in [1.54, 1.807) is 18.7 Å². The first-order valence-corrected chi connectivity index (χ1v) is 7.42. The number of rotatable bonds is 5. The zero-order chi connectivity index (χ0) is 16.2. The van der Waals surface area contributed by atoms with Crippen molar-refractivity contribution in [2.45, 2.75) is 32.5 Å². The molecular weight excluding hydrogens is 296 g/mol. The Hall–Kier alpha value is -2.79. The maximum Gasteiger partial charge on any atom is 0.333 e. The third-order valence-corrected chi connectivity index (χ3v) is 3.75. The average molecular weight is 314 g/mol. The van der Waals surface area contributed by atoms with Crippen molar-refractivity contribution in [3.05, 3.63) is 45.6 Å². The fourth-order valence-electron chi connectivity index (χ4n) is 2.28. The molecule has 0 saturated heterocycles. The molecule has 0 aromatic carbocycles. The highest BCUT2D eigenvalue weighted by atomic mass is 16.2. The fraction of sp³-hybridized carbons (Fsp3) is 0.400. The Balaban J connectivity index is 1.82. The summed E-state index contributed by atoms with van der Waals surface area (Å²) in [5, 5.41) is 0. The first-order valence-electron chi connectivity index (χ1n) is 7.42. The van der Waals surface area contributed by atoms with Gasteiger partial charge in [0, 0.05) is 25.0 Å². The molecule has 0 spiro atoms. The largest absolute Gasteiger partial charge is 0.333 e. The van der Waals surface area contributed by atoms with Gasteiger partial charge in [-0.1, -0.05) is 11.8 Å². The molecule has 120 valence electrons. The van der Waals surface area contributed by atoms with Crippen LogP contribution in [0.25, 0.3) is 0 Å². The minimum atomic E-state index is -0.410.